The third kappa shape index (κ3) is 8.19. The molecule has 42 heavy (non-hydrogen) atoms. The smallest absolute Gasteiger partial charge is 0.204 e. The maximum Gasteiger partial charge on any atom is 0.204 e. The van der Waals surface area contributed by atoms with Crippen molar-refractivity contribution >= 4 is 0 Å². The molecular formula is C33H42F8O. The van der Waals surface area contributed by atoms with Gasteiger partial charge in [-0.15, -0.1) is 0 Å². The summed E-state index contributed by atoms with van der Waals surface area (Å²) in [5.41, 5.74) is -4.59. The zero-order chi connectivity index (χ0) is 30.8. The minimum atomic E-state index is -2.20. The van der Waals surface area contributed by atoms with Crippen LogP contribution in [0.5, 0.6) is 5.75 Å². The van der Waals surface area contributed by atoms with Crippen molar-refractivity contribution in [2.45, 2.75) is 117 Å². The summed E-state index contributed by atoms with van der Waals surface area (Å²) in [5.74, 6) is -17.0. The monoisotopic (exact) mass is 606 g/mol. The second-order valence-corrected chi connectivity index (χ2v) is 11.6. The quantitative estimate of drug-likeness (QED) is 0.105. The molecule has 0 saturated heterocycles. The van der Waals surface area contributed by atoms with Gasteiger partial charge >= 0.3 is 0 Å². The second kappa shape index (κ2) is 16.5. The second-order valence-electron chi connectivity index (χ2n) is 11.6. The molecule has 2 aromatic rings. The van der Waals surface area contributed by atoms with Gasteiger partial charge in [-0.25, -0.2) is 26.3 Å². The maximum atomic E-state index is 15.1. The Kier molecular flexibility index (Phi) is 13.4. The molecule has 1 fully saturated rings. The summed E-state index contributed by atoms with van der Waals surface area (Å²) in [5, 5.41) is 0. The lowest BCUT2D eigenvalue weighted by molar-refractivity contribution is 0.248. The van der Waals surface area contributed by atoms with Crippen LogP contribution in [0.15, 0.2) is 0 Å². The van der Waals surface area contributed by atoms with E-state index in [2.05, 4.69) is 6.92 Å². The Morgan fingerprint density at radius 3 is 1.45 bits per heavy atom. The molecule has 0 atom stereocenters. The van der Waals surface area contributed by atoms with Gasteiger partial charge in [0.1, 0.15) is 0 Å². The van der Waals surface area contributed by atoms with Crippen LogP contribution in [-0.4, -0.2) is 6.61 Å². The third-order valence-corrected chi connectivity index (χ3v) is 8.56. The van der Waals surface area contributed by atoms with Gasteiger partial charge in [-0.1, -0.05) is 97.3 Å². The highest BCUT2D eigenvalue weighted by Gasteiger charge is 2.35. The van der Waals surface area contributed by atoms with E-state index in [0.717, 1.165) is 70.6 Å². The summed E-state index contributed by atoms with van der Waals surface area (Å²) < 4.78 is 124. The highest BCUT2D eigenvalue weighted by atomic mass is 19.2. The summed E-state index contributed by atoms with van der Waals surface area (Å²) in [6.45, 7) is 3.93. The van der Waals surface area contributed by atoms with Gasteiger partial charge < -0.3 is 4.74 Å². The van der Waals surface area contributed by atoms with Gasteiger partial charge in [0, 0.05) is 5.56 Å². The molecule has 1 aliphatic rings. The SMILES string of the molecule is CCCCCCCCOc1c(F)c(F)c(-c2c(F)c(F)c(CCC3CCC(CCCCC)CC3)c(F)c2F)c(F)c1F. The van der Waals surface area contributed by atoms with Crippen molar-refractivity contribution in [1.82, 2.24) is 0 Å². The fourth-order valence-electron chi connectivity index (χ4n) is 5.97. The molecule has 0 bridgehead atoms. The summed E-state index contributed by atoms with van der Waals surface area (Å²) in [4.78, 5) is 0. The third-order valence-electron chi connectivity index (χ3n) is 8.56. The van der Waals surface area contributed by atoms with Crippen molar-refractivity contribution in [3.8, 4) is 16.9 Å². The van der Waals surface area contributed by atoms with Crippen molar-refractivity contribution in [2.24, 2.45) is 11.8 Å². The molecule has 1 nitrogen and oxygen atoms in total. The highest BCUT2D eigenvalue weighted by molar-refractivity contribution is 5.69. The molecule has 0 aromatic heterocycles. The van der Waals surface area contributed by atoms with Gasteiger partial charge in [-0.3, -0.25) is 0 Å². The van der Waals surface area contributed by atoms with E-state index in [0.29, 0.717) is 18.8 Å². The first-order chi connectivity index (χ1) is 20.1. The first kappa shape index (κ1) is 34.2. The van der Waals surface area contributed by atoms with Gasteiger partial charge in [-0.2, -0.15) is 8.78 Å². The van der Waals surface area contributed by atoms with E-state index in [4.69, 9.17) is 4.74 Å². The van der Waals surface area contributed by atoms with Crippen molar-refractivity contribution in [3.05, 3.63) is 52.1 Å². The largest absolute Gasteiger partial charge is 0.487 e. The molecule has 0 radical (unpaired) electrons. The van der Waals surface area contributed by atoms with Crippen LogP contribution >= 0.6 is 0 Å². The Morgan fingerprint density at radius 2 is 0.929 bits per heavy atom. The number of unbranched alkanes of at least 4 members (excludes halogenated alkanes) is 7. The van der Waals surface area contributed by atoms with Crippen LogP contribution in [-0.2, 0) is 6.42 Å². The molecule has 9 heteroatoms. The fourth-order valence-corrected chi connectivity index (χ4v) is 5.97. The Morgan fingerprint density at radius 1 is 0.500 bits per heavy atom. The van der Waals surface area contributed by atoms with E-state index in [-0.39, 0.29) is 25.4 Å². The molecular weight excluding hydrogens is 564 g/mol. The summed E-state index contributed by atoms with van der Waals surface area (Å²) in [7, 11) is 0. The van der Waals surface area contributed by atoms with E-state index in [1.54, 1.807) is 0 Å². The van der Waals surface area contributed by atoms with Crippen LogP contribution < -0.4 is 4.74 Å². The Balaban J connectivity index is 1.76. The molecule has 2 aromatic carbocycles. The predicted molar refractivity (Wildman–Crippen MR) is 148 cm³/mol. The first-order valence-electron chi connectivity index (χ1n) is 15.5. The summed E-state index contributed by atoms with van der Waals surface area (Å²) in [6.07, 6.45) is 13.1. The zero-order valence-electron chi connectivity index (χ0n) is 24.6. The Hall–Kier alpha value is -2.32. The molecule has 0 aliphatic heterocycles. The number of ether oxygens (including phenoxy) is 1. The van der Waals surface area contributed by atoms with Crippen LogP contribution in [0.2, 0.25) is 0 Å². The standard InChI is InChI=1S/C33H42F8O/c1-3-5-7-8-9-11-19-42-33-31(40)29(38)24(30(39)32(33)41)23-27(36)25(34)22(26(35)28(23)37)18-17-21-15-13-20(14-16-21)12-10-6-4-2/h20-21H,3-19H2,1-2H3. The van der Waals surface area contributed by atoms with Crippen molar-refractivity contribution in [1.29, 1.82) is 0 Å². The van der Waals surface area contributed by atoms with E-state index in [9.17, 15) is 26.3 Å². The molecule has 0 N–H and O–H groups in total. The Labute approximate surface area is 244 Å². The minimum absolute atomic E-state index is 0.124. The van der Waals surface area contributed by atoms with Crippen molar-refractivity contribution in [3.63, 3.8) is 0 Å². The number of benzene rings is 2. The fraction of sp³-hybridized carbons (Fsp3) is 0.636. The maximum absolute atomic E-state index is 15.1. The van der Waals surface area contributed by atoms with E-state index >= 15 is 8.78 Å². The zero-order valence-corrected chi connectivity index (χ0v) is 24.6. The summed E-state index contributed by atoms with van der Waals surface area (Å²) in [6, 6.07) is 0. The normalized spacial score (nSPS) is 17.2. The highest BCUT2D eigenvalue weighted by Crippen LogP contribution is 2.41. The molecule has 1 saturated carbocycles. The van der Waals surface area contributed by atoms with E-state index in [1.165, 1.54) is 6.42 Å². The molecule has 0 unspecified atom stereocenters. The van der Waals surface area contributed by atoms with Crippen LogP contribution in [0.4, 0.5) is 35.1 Å². The van der Waals surface area contributed by atoms with Crippen LogP contribution in [0, 0.1) is 58.4 Å². The van der Waals surface area contributed by atoms with Crippen LogP contribution in [0.1, 0.15) is 116 Å². The molecule has 0 amide bonds. The number of rotatable bonds is 16. The lowest BCUT2D eigenvalue weighted by Crippen LogP contribution is -2.16. The first-order valence-corrected chi connectivity index (χ1v) is 15.5. The van der Waals surface area contributed by atoms with Gasteiger partial charge in [0.25, 0.3) is 0 Å². The molecule has 3 rings (SSSR count). The van der Waals surface area contributed by atoms with Crippen LogP contribution in [0.3, 0.4) is 0 Å². The van der Waals surface area contributed by atoms with Gasteiger partial charge in [-0.05, 0) is 31.1 Å². The lowest BCUT2D eigenvalue weighted by Gasteiger charge is -2.28. The average molecular weight is 607 g/mol. The van der Waals surface area contributed by atoms with Gasteiger partial charge in [0.05, 0.1) is 17.7 Å². The average Bonchev–Trinajstić information content (AvgIpc) is 2.98. The topological polar surface area (TPSA) is 9.23 Å². The molecule has 0 spiro atoms. The van der Waals surface area contributed by atoms with Gasteiger partial charge in [0.15, 0.2) is 40.7 Å². The van der Waals surface area contributed by atoms with Crippen LogP contribution in [0.25, 0.3) is 11.1 Å². The number of hydrogen-bond donors (Lipinski definition) is 0. The Bertz CT molecular complexity index is 1120. The van der Waals surface area contributed by atoms with Gasteiger partial charge in [0.2, 0.25) is 11.6 Å². The summed E-state index contributed by atoms with van der Waals surface area (Å²) >= 11 is 0. The van der Waals surface area contributed by atoms with Crippen molar-refractivity contribution < 1.29 is 39.9 Å². The number of halogens is 8. The molecule has 236 valence electrons. The molecule has 1 aliphatic carbocycles. The lowest BCUT2D eigenvalue weighted by atomic mass is 9.77. The minimum Gasteiger partial charge on any atom is -0.487 e. The van der Waals surface area contributed by atoms with Crippen molar-refractivity contribution in [2.75, 3.05) is 6.61 Å². The number of hydrogen-bond acceptors (Lipinski definition) is 1. The molecule has 0 heterocycles. The van der Waals surface area contributed by atoms with E-state index in [1.807, 2.05) is 6.92 Å². The van der Waals surface area contributed by atoms with E-state index < -0.39 is 69.0 Å². The predicted octanol–water partition coefficient (Wildman–Crippen LogP) is 11.5.